The van der Waals surface area contributed by atoms with E-state index in [1.807, 2.05) is 30.3 Å². The first-order valence-electron chi connectivity index (χ1n) is 8.99. The van der Waals surface area contributed by atoms with E-state index in [0.717, 1.165) is 34.9 Å². The quantitative estimate of drug-likeness (QED) is 0.567. The van der Waals surface area contributed by atoms with Crippen LogP contribution in [-0.2, 0) is 5.41 Å². The maximum absolute atomic E-state index is 5.76. The zero-order valence-corrected chi connectivity index (χ0v) is 16.5. The van der Waals surface area contributed by atoms with Crippen LogP contribution < -0.4 is 11.1 Å². The van der Waals surface area contributed by atoms with Crippen LogP contribution in [-0.4, -0.2) is 25.1 Å². The number of nitrogens with one attached hydrogen (secondary N) is 2. The van der Waals surface area contributed by atoms with Crippen LogP contribution >= 0.6 is 11.8 Å². The van der Waals surface area contributed by atoms with Gasteiger partial charge in [0.25, 0.3) is 0 Å². The van der Waals surface area contributed by atoms with Gasteiger partial charge in [0.15, 0.2) is 11.0 Å². The van der Waals surface area contributed by atoms with Crippen molar-refractivity contribution in [1.29, 1.82) is 0 Å². The Labute approximate surface area is 162 Å². The van der Waals surface area contributed by atoms with Crippen molar-refractivity contribution in [3.05, 3.63) is 41.9 Å². The summed E-state index contributed by atoms with van der Waals surface area (Å²) < 4.78 is 0. The number of hydrogen-bond donors (Lipinski definition) is 3. The number of nitrogens with zero attached hydrogens (tertiary/aromatic N) is 4. The van der Waals surface area contributed by atoms with Gasteiger partial charge in [-0.05, 0) is 48.9 Å². The normalized spacial score (nSPS) is 14.3. The molecule has 1 aliphatic carbocycles. The Bertz CT molecular complexity index is 939. The molecule has 2 heterocycles. The van der Waals surface area contributed by atoms with Crippen LogP contribution in [0.15, 0.2) is 40.4 Å². The molecule has 7 nitrogen and oxygen atoms in total. The van der Waals surface area contributed by atoms with Crippen LogP contribution in [0.25, 0.3) is 0 Å². The van der Waals surface area contributed by atoms with Gasteiger partial charge in [0.1, 0.15) is 5.82 Å². The summed E-state index contributed by atoms with van der Waals surface area (Å²) in [5, 5.41) is 11.3. The summed E-state index contributed by atoms with van der Waals surface area (Å²) in [6, 6.07) is 9.69. The van der Waals surface area contributed by atoms with E-state index in [1.165, 1.54) is 11.8 Å². The second kappa shape index (κ2) is 6.84. The van der Waals surface area contributed by atoms with Gasteiger partial charge in [0, 0.05) is 33.7 Å². The molecular weight excluding hydrogens is 358 g/mol. The summed E-state index contributed by atoms with van der Waals surface area (Å²) in [4.78, 5) is 14.9. The Balaban J connectivity index is 1.59. The second-order valence-electron chi connectivity index (χ2n) is 7.79. The molecule has 0 unspecified atom stereocenters. The number of hydrogen-bond acceptors (Lipinski definition) is 7. The fraction of sp³-hybridized carbons (Fsp3) is 0.368. The lowest BCUT2D eigenvalue weighted by molar-refractivity contribution is 0.567. The van der Waals surface area contributed by atoms with Crippen LogP contribution in [0.1, 0.15) is 51.0 Å². The minimum atomic E-state index is 0.00136. The molecule has 8 heteroatoms. The van der Waals surface area contributed by atoms with Gasteiger partial charge in [-0.15, -0.1) is 0 Å². The summed E-state index contributed by atoms with van der Waals surface area (Å²) >= 11 is 1.50. The molecular formula is C19H23N7S. The molecule has 0 bridgehead atoms. The van der Waals surface area contributed by atoms with Crippen molar-refractivity contribution in [1.82, 2.24) is 25.1 Å². The van der Waals surface area contributed by atoms with Gasteiger partial charge in [-0.2, -0.15) is 15.1 Å². The predicted octanol–water partition coefficient (Wildman–Crippen LogP) is 4.25. The SMILES string of the molecule is CC(C)(C)c1cc(Nc2nc(Sc3ccc(N)cc3)nc(C3CC3)n2)n[nH]1. The predicted molar refractivity (Wildman–Crippen MR) is 107 cm³/mol. The van der Waals surface area contributed by atoms with Gasteiger partial charge in [-0.3, -0.25) is 5.10 Å². The number of aromatic nitrogens is 5. The van der Waals surface area contributed by atoms with Gasteiger partial charge in [0.05, 0.1) is 0 Å². The minimum absolute atomic E-state index is 0.00136. The molecule has 0 aliphatic heterocycles. The first-order chi connectivity index (χ1) is 12.9. The van der Waals surface area contributed by atoms with Crippen LogP contribution in [0.5, 0.6) is 0 Å². The first-order valence-corrected chi connectivity index (χ1v) is 9.81. The molecule has 0 amide bonds. The van der Waals surface area contributed by atoms with Gasteiger partial charge >= 0.3 is 0 Å². The molecule has 3 aromatic rings. The molecule has 1 fully saturated rings. The van der Waals surface area contributed by atoms with Crippen molar-refractivity contribution >= 4 is 29.2 Å². The second-order valence-corrected chi connectivity index (χ2v) is 8.83. The molecule has 1 aliphatic rings. The smallest absolute Gasteiger partial charge is 0.232 e. The molecule has 1 aromatic carbocycles. The van der Waals surface area contributed by atoms with Gasteiger partial charge in [-0.1, -0.05) is 20.8 Å². The van der Waals surface area contributed by atoms with E-state index < -0.39 is 0 Å². The lowest BCUT2D eigenvalue weighted by Gasteiger charge is -2.14. The lowest BCUT2D eigenvalue weighted by atomic mass is 9.92. The Morgan fingerprint density at radius 3 is 2.48 bits per heavy atom. The number of aromatic amines is 1. The average Bonchev–Trinajstić information content (AvgIpc) is 3.35. The molecule has 0 spiro atoms. The maximum Gasteiger partial charge on any atom is 0.232 e. The van der Waals surface area contributed by atoms with Crippen LogP contribution in [0.3, 0.4) is 0 Å². The molecule has 4 N–H and O–H groups in total. The van der Waals surface area contributed by atoms with Crippen molar-refractivity contribution in [3.8, 4) is 0 Å². The molecule has 27 heavy (non-hydrogen) atoms. The van der Waals surface area contributed by atoms with E-state index in [2.05, 4.69) is 51.2 Å². The molecule has 0 atom stereocenters. The van der Waals surface area contributed by atoms with Crippen LogP contribution in [0, 0.1) is 0 Å². The van der Waals surface area contributed by atoms with E-state index in [1.54, 1.807) is 0 Å². The van der Waals surface area contributed by atoms with Crippen LogP contribution in [0.2, 0.25) is 0 Å². The summed E-state index contributed by atoms with van der Waals surface area (Å²) in [6.45, 7) is 6.42. The van der Waals surface area contributed by atoms with E-state index in [9.17, 15) is 0 Å². The fourth-order valence-electron chi connectivity index (χ4n) is 2.52. The van der Waals surface area contributed by atoms with Crippen molar-refractivity contribution in [2.75, 3.05) is 11.1 Å². The highest BCUT2D eigenvalue weighted by Crippen LogP contribution is 2.39. The highest BCUT2D eigenvalue weighted by Gasteiger charge is 2.28. The fourth-order valence-corrected chi connectivity index (χ4v) is 3.28. The number of nitrogen functional groups attached to an aromatic ring is 1. The summed E-state index contributed by atoms with van der Waals surface area (Å²) in [6.07, 6.45) is 2.26. The summed E-state index contributed by atoms with van der Waals surface area (Å²) in [7, 11) is 0. The number of anilines is 3. The molecule has 1 saturated carbocycles. The van der Waals surface area contributed by atoms with Crippen molar-refractivity contribution in [2.45, 2.75) is 55.0 Å². The van der Waals surface area contributed by atoms with E-state index >= 15 is 0 Å². The third-order valence-corrected chi connectivity index (χ3v) is 5.16. The monoisotopic (exact) mass is 381 g/mol. The highest BCUT2D eigenvalue weighted by atomic mass is 32.2. The van der Waals surface area contributed by atoms with E-state index in [4.69, 9.17) is 5.73 Å². The van der Waals surface area contributed by atoms with Crippen molar-refractivity contribution in [3.63, 3.8) is 0 Å². The van der Waals surface area contributed by atoms with Gasteiger partial charge < -0.3 is 11.1 Å². The topological polar surface area (TPSA) is 105 Å². The standard InChI is InChI=1S/C19H23N7S/c1-19(2,3)14-10-15(26-25-14)21-17-22-16(11-4-5-11)23-18(24-17)27-13-8-6-12(20)7-9-13/h6-11H,4-5,20H2,1-3H3,(H2,21,22,23,24,25,26). The lowest BCUT2D eigenvalue weighted by Crippen LogP contribution is -2.11. The van der Waals surface area contributed by atoms with E-state index in [-0.39, 0.29) is 5.41 Å². The Morgan fingerprint density at radius 2 is 1.85 bits per heavy atom. The molecule has 0 saturated heterocycles. The minimum Gasteiger partial charge on any atom is -0.399 e. The van der Waals surface area contributed by atoms with E-state index in [0.29, 0.717) is 22.8 Å². The zero-order chi connectivity index (χ0) is 19.0. The summed E-state index contributed by atoms with van der Waals surface area (Å²) in [5.74, 6) is 2.51. The first kappa shape index (κ1) is 17.8. The molecule has 2 aromatic heterocycles. The average molecular weight is 382 g/mol. The van der Waals surface area contributed by atoms with Gasteiger partial charge in [-0.25, -0.2) is 4.98 Å². The molecule has 4 rings (SSSR count). The van der Waals surface area contributed by atoms with Crippen molar-refractivity contribution in [2.24, 2.45) is 0 Å². The van der Waals surface area contributed by atoms with Crippen molar-refractivity contribution < 1.29 is 0 Å². The number of benzene rings is 1. The third-order valence-electron chi connectivity index (χ3n) is 4.29. The maximum atomic E-state index is 5.76. The Hall–Kier alpha value is -2.61. The number of H-pyrrole nitrogens is 1. The Morgan fingerprint density at radius 1 is 1.11 bits per heavy atom. The number of nitrogens with two attached hydrogens (primary N) is 1. The molecule has 140 valence electrons. The zero-order valence-electron chi connectivity index (χ0n) is 15.7. The summed E-state index contributed by atoms with van der Waals surface area (Å²) in [5.41, 5.74) is 7.56. The highest BCUT2D eigenvalue weighted by molar-refractivity contribution is 7.99. The number of rotatable bonds is 5. The third kappa shape index (κ3) is 4.39. The largest absolute Gasteiger partial charge is 0.399 e. The van der Waals surface area contributed by atoms with Crippen LogP contribution in [0.4, 0.5) is 17.5 Å². The Kier molecular flexibility index (Phi) is 4.51. The molecule has 0 radical (unpaired) electrons. The van der Waals surface area contributed by atoms with Gasteiger partial charge in [0.2, 0.25) is 5.95 Å².